The van der Waals surface area contributed by atoms with E-state index in [2.05, 4.69) is 15.3 Å². The average molecular weight is 496 g/mol. The van der Waals surface area contributed by atoms with Crippen LogP contribution in [0.1, 0.15) is 59.2 Å². The van der Waals surface area contributed by atoms with Crippen LogP contribution in [0.4, 0.5) is 24.7 Å². The van der Waals surface area contributed by atoms with E-state index in [1.54, 1.807) is 6.07 Å². The van der Waals surface area contributed by atoms with E-state index >= 15 is 0 Å². The molecule has 1 aromatic carbocycles. The van der Waals surface area contributed by atoms with Gasteiger partial charge in [0.2, 0.25) is 0 Å². The Morgan fingerprint density at radius 2 is 1.81 bits per heavy atom. The van der Waals surface area contributed by atoms with Crippen molar-refractivity contribution >= 4 is 23.3 Å². The number of nitrogens with zero attached hydrogens (tertiary/aromatic N) is 3. The summed E-state index contributed by atoms with van der Waals surface area (Å²) < 4.78 is 38.9. The second kappa shape index (κ2) is 9.25. The van der Waals surface area contributed by atoms with Gasteiger partial charge in [0.25, 0.3) is 0 Å². The molecule has 2 aliphatic carbocycles. The van der Waals surface area contributed by atoms with Crippen LogP contribution in [0.5, 0.6) is 0 Å². The Kier molecular flexibility index (Phi) is 6.11. The number of benzene rings is 1. The van der Waals surface area contributed by atoms with Crippen LogP contribution in [0, 0.1) is 0 Å². The quantitative estimate of drug-likeness (QED) is 0.504. The van der Waals surface area contributed by atoms with Gasteiger partial charge in [-0.05, 0) is 66.5 Å². The highest BCUT2D eigenvalue weighted by molar-refractivity contribution is 6.39. The zero-order valence-corrected chi connectivity index (χ0v) is 19.3. The largest absolute Gasteiger partial charge is 0.417 e. The van der Waals surface area contributed by atoms with E-state index in [1.165, 1.54) is 17.2 Å². The number of nitrogen functional groups attached to an aromatic ring is 1. The minimum Gasteiger partial charge on any atom is -0.383 e. The maximum Gasteiger partial charge on any atom is 0.417 e. The summed E-state index contributed by atoms with van der Waals surface area (Å²) in [7, 11) is 0. The maximum atomic E-state index is 13.4. The molecule has 0 bridgehead atoms. The smallest absolute Gasteiger partial charge is 0.383 e. The lowest BCUT2D eigenvalue weighted by Gasteiger charge is -2.29. The monoisotopic (exact) mass is 495 g/mol. The van der Waals surface area contributed by atoms with Crippen molar-refractivity contribution in [1.29, 1.82) is 0 Å². The number of halogens is 3. The number of amides is 2. The minimum atomic E-state index is -4.52. The molecule has 0 spiro atoms. The Bertz CT molecular complexity index is 1310. The summed E-state index contributed by atoms with van der Waals surface area (Å²) in [5.74, 6) is -0.954. The topological polar surface area (TPSA) is 101 Å². The summed E-state index contributed by atoms with van der Waals surface area (Å²) in [6.45, 7) is -0.114. The molecule has 0 saturated heterocycles. The van der Waals surface area contributed by atoms with Crippen LogP contribution in [-0.2, 0) is 28.7 Å². The molecule has 2 aromatic heterocycles. The molecule has 36 heavy (non-hydrogen) atoms. The molecule has 10 heteroatoms. The van der Waals surface area contributed by atoms with Gasteiger partial charge in [-0.15, -0.1) is 0 Å². The number of rotatable bonds is 5. The van der Waals surface area contributed by atoms with Crippen molar-refractivity contribution in [2.24, 2.45) is 0 Å². The standard InChI is InChI=1S/C26H24F3N5O2/c27-26(28,29)17-8-9-18(31-12-17)14-34(22-10-7-15-3-1-2-4-20(15)22)25(36)24(35)33-19-11-21(16-5-6-16)23(30)32-13-19/h1-4,8-9,11-13,16,22H,5-7,10,14H2,(H2,30,32)(H,33,35). The van der Waals surface area contributed by atoms with Crippen LogP contribution in [0.2, 0.25) is 0 Å². The fraction of sp³-hybridized carbons (Fsp3) is 0.308. The highest BCUT2D eigenvalue weighted by Crippen LogP contribution is 2.43. The summed E-state index contributed by atoms with van der Waals surface area (Å²) in [4.78, 5) is 35.9. The predicted octanol–water partition coefficient (Wildman–Crippen LogP) is 4.61. The average Bonchev–Trinajstić information content (AvgIpc) is 3.62. The zero-order valence-electron chi connectivity index (χ0n) is 19.3. The maximum absolute atomic E-state index is 13.4. The Morgan fingerprint density at radius 3 is 2.50 bits per heavy atom. The number of nitrogens with two attached hydrogens (primary N) is 1. The first kappa shape index (κ1) is 23.8. The van der Waals surface area contributed by atoms with Gasteiger partial charge in [0.05, 0.1) is 35.7 Å². The van der Waals surface area contributed by atoms with E-state index in [4.69, 9.17) is 5.73 Å². The van der Waals surface area contributed by atoms with E-state index in [9.17, 15) is 22.8 Å². The number of carbonyl (C=O) groups is 2. The third-order valence-corrected chi connectivity index (χ3v) is 6.64. The van der Waals surface area contributed by atoms with Crippen LogP contribution in [-0.4, -0.2) is 26.7 Å². The van der Waals surface area contributed by atoms with Gasteiger partial charge in [0.15, 0.2) is 0 Å². The lowest BCUT2D eigenvalue weighted by atomic mass is 10.1. The van der Waals surface area contributed by atoms with E-state index < -0.39 is 29.6 Å². The van der Waals surface area contributed by atoms with Crippen molar-refractivity contribution in [3.05, 3.63) is 82.8 Å². The van der Waals surface area contributed by atoms with Crippen LogP contribution in [0.25, 0.3) is 0 Å². The number of aromatic nitrogens is 2. The molecule has 3 N–H and O–H groups in total. The molecule has 1 unspecified atom stereocenters. The number of alkyl halides is 3. The summed E-state index contributed by atoms with van der Waals surface area (Å²) in [5.41, 5.74) is 8.50. The summed E-state index contributed by atoms with van der Waals surface area (Å²) in [6.07, 6.45) is 0.929. The second-order valence-corrected chi connectivity index (χ2v) is 9.15. The predicted molar refractivity (Wildman–Crippen MR) is 127 cm³/mol. The fourth-order valence-electron chi connectivity index (χ4n) is 4.64. The highest BCUT2D eigenvalue weighted by Gasteiger charge is 2.35. The van der Waals surface area contributed by atoms with Crippen molar-refractivity contribution < 1.29 is 22.8 Å². The fourth-order valence-corrected chi connectivity index (χ4v) is 4.64. The first-order chi connectivity index (χ1) is 17.2. The Balaban J connectivity index is 1.40. The molecule has 3 aromatic rings. The Morgan fingerprint density at radius 1 is 1.03 bits per heavy atom. The second-order valence-electron chi connectivity index (χ2n) is 9.15. The molecule has 2 aliphatic rings. The van der Waals surface area contributed by atoms with Crippen molar-refractivity contribution in [1.82, 2.24) is 14.9 Å². The van der Waals surface area contributed by atoms with Crippen LogP contribution in [0.15, 0.2) is 54.9 Å². The number of aryl methyl sites for hydroxylation is 1. The number of fused-ring (bicyclic) bond motifs is 1. The molecule has 0 aliphatic heterocycles. The van der Waals surface area contributed by atoms with Gasteiger partial charge in [-0.3, -0.25) is 14.6 Å². The van der Waals surface area contributed by atoms with Gasteiger partial charge >= 0.3 is 18.0 Å². The SMILES string of the molecule is Nc1ncc(NC(=O)C(=O)N(Cc2ccc(C(F)(F)F)cn2)C2CCc3ccccc32)cc1C1CC1. The minimum absolute atomic E-state index is 0.114. The van der Waals surface area contributed by atoms with E-state index in [0.717, 1.165) is 48.2 Å². The van der Waals surface area contributed by atoms with Crippen molar-refractivity contribution in [2.75, 3.05) is 11.1 Å². The molecule has 0 radical (unpaired) electrons. The number of hydrogen-bond acceptors (Lipinski definition) is 5. The molecule has 186 valence electrons. The van der Waals surface area contributed by atoms with E-state index in [0.29, 0.717) is 23.8 Å². The normalized spacial score (nSPS) is 16.9. The molecular weight excluding hydrogens is 471 g/mol. The van der Waals surface area contributed by atoms with Crippen molar-refractivity contribution in [2.45, 2.75) is 50.4 Å². The van der Waals surface area contributed by atoms with Gasteiger partial charge in [-0.1, -0.05) is 24.3 Å². The van der Waals surface area contributed by atoms with Crippen molar-refractivity contribution in [3.63, 3.8) is 0 Å². The number of anilines is 2. The zero-order chi connectivity index (χ0) is 25.4. The molecule has 1 atom stereocenters. The van der Waals surface area contributed by atoms with Crippen LogP contribution in [0.3, 0.4) is 0 Å². The number of nitrogens with one attached hydrogen (secondary N) is 1. The van der Waals surface area contributed by atoms with Crippen molar-refractivity contribution in [3.8, 4) is 0 Å². The molecule has 5 rings (SSSR count). The number of hydrogen-bond donors (Lipinski definition) is 2. The lowest BCUT2D eigenvalue weighted by Crippen LogP contribution is -2.41. The number of carbonyl (C=O) groups excluding carboxylic acids is 2. The molecular formula is C26H24F3N5O2. The van der Waals surface area contributed by atoms with Gasteiger partial charge in [-0.25, -0.2) is 4.98 Å². The molecule has 2 amide bonds. The summed E-state index contributed by atoms with van der Waals surface area (Å²) in [6, 6.07) is 11.1. The molecule has 7 nitrogen and oxygen atoms in total. The van der Waals surface area contributed by atoms with Gasteiger partial charge < -0.3 is 16.0 Å². The molecule has 2 heterocycles. The lowest BCUT2D eigenvalue weighted by molar-refractivity contribution is -0.145. The van der Waals surface area contributed by atoms with E-state index in [-0.39, 0.29) is 12.2 Å². The van der Waals surface area contributed by atoms with Gasteiger partial charge in [0.1, 0.15) is 5.82 Å². The summed E-state index contributed by atoms with van der Waals surface area (Å²) in [5, 5.41) is 2.62. The third kappa shape index (κ3) is 4.89. The Labute approximate surface area is 205 Å². The van der Waals surface area contributed by atoms with Gasteiger partial charge in [0, 0.05) is 6.20 Å². The first-order valence-corrected chi connectivity index (χ1v) is 11.7. The third-order valence-electron chi connectivity index (χ3n) is 6.64. The highest BCUT2D eigenvalue weighted by atomic mass is 19.4. The number of pyridine rings is 2. The Hall–Kier alpha value is -3.95. The summed E-state index contributed by atoms with van der Waals surface area (Å²) >= 11 is 0. The molecule has 1 fully saturated rings. The first-order valence-electron chi connectivity index (χ1n) is 11.7. The van der Waals surface area contributed by atoms with E-state index in [1.807, 2.05) is 24.3 Å². The van der Waals surface area contributed by atoms with Crippen LogP contribution >= 0.6 is 0 Å². The van der Waals surface area contributed by atoms with Crippen LogP contribution < -0.4 is 11.1 Å². The molecule has 1 saturated carbocycles. The van der Waals surface area contributed by atoms with Gasteiger partial charge in [-0.2, -0.15) is 13.2 Å².